The summed E-state index contributed by atoms with van der Waals surface area (Å²) >= 11 is 0.768. The minimum Gasteiger partial charge on any atom is -0.497 e. The average Bonchev–Trinajstić information content (AvgIpc) is 3.17. The minimum absolute atomic E-state index is 0.162. The van der Waals surface area contributed by atoms with Gasteiger partial charge in [-0.2, -0.15) is 0 Å². The zero-order valence-corrected chi connectivity index (χ0v) is 21.5. The van der Waals surface area contributed by atoms with Crippen LogP contribution in [0.15, 0.2) is 77.7 Å². The first-order chi connectivity index (χ1) is 18.3. The van der Waals surface area contributed by atoms with Gasteiger partial charge in [0.25, 0.3) is 17.1 Å². The van der Waals surface area contributed by atoms with Gasteiger partial charge >= 0.3 is 0 Å². The highest BCUT2D eigenvalue weighted by Crippen LogP contribution is 2.32. The maximum Gasteiger partial charge on any atom is 0.294 e. The number of ether oxygens (including phenoxy) is 2. The Labute approximate surface area is 223 Å². The Bertz CT molecular complexity index is 1370. The third-order valence-electron chi connectivity index (χ3n) is 5.43. The molecule has 10 heteroatoms. The first kappa shape index (κ1) is 26.5. The van der Waals surface area contributed by atoms with Gasteiger partial charge < -0.3 is 20.1 Å². The molecule has 1 saturated heterocycles. The molecule has 0 saturated carbocycles. The van der Waals surface area contributed by atoms with E-state index in [1.54, 1.807) is 54.6 Å². The van der Waals surface area contributed by atoms with Crippen LogP contribution in [-0.2, 0) is 14.4 Å². The molecule has 0 radical (unpaired) electrons. The lowest BCUT2D eigenvalue weighted by molar-refractivity contribution is -0.127. The summed E-state index contributed by atoms with van der Waals surface area (Å²) in [6.07, 6.45) is 1.57. The molecular formula is C28H25N3O6S. The van der Waals surface area contributed by atoms with Gasteiger partial charge in [0.05, 0.1) is 12.0 Å². The quantitative estimate of drug-likeness (QED) is 0.385. The summed E-state index contributed by atoms with van der Waals surface area (Å²) in [6.45, 7) is 1.41. The Morgan fingerprint density at radius 2 is 1.42 bits per heavy atom. The van der Waals surface area contributed by atoms with Crippen LogP contribution in [-0.4, -0.2) is 48.1 Å². The molecule has 1 heterocycles. The van der Waals surface area contributed by atoms with Crippen molar-refractivity contribution < 1.29 is 28.7 Å². The highest BCUT2D eigenvalue weighted by atomic mass is 32.2. The summed E-state index contributed by atoms with van der Waals surface area (Å²) in [4.78, 5) is 50.7. The van der Waals surface area contributed by atoms with Crippen LogP contribution in [0.5, 0.6) is 11.5 Å². The summed E-state index contributed by atoms with van der Waals surface area (Å²) in [5.74, 6) is -0.209. The molecule has 4 amide bonds. The van der Waals surface area contributed by atoms with Crippen LogP contribution in [0.3, 0.4) is 0 Å². The molecule has 3 aromatic carbocycles. The molecule has 1 fully saturated rings. The molecular weight excluding hydrogens is 506 g/mol. The molecule has 2 N–H and O–H groups in total. The van der Waals surface area contributed by atoms with Gasteiger partial charge in [-0.05, 0) is 78.9 Å². The summed E-state index contributed by atoms with van der Waals surface area (Å²) in [7, 11) is 1.54. The van der Waals surface area contributed by atoms with Crippen molar-refractivity contribution in [2.24, 2.45) is 0 Å². The fourth-order valence-electron chi connectivity index (χ4n) is 3.45. The molecule has 1 aliphatic rings. The van der Waals surface area contributed by atoms with Crippen molar-refractivity contribution >= 4 is 52.2 Å². The lowest BCUT2D eigenvalue weighted by Crippen LogP contribution is -2.36. The van der Waals surface area contributed by atoms with E-state index >= 15 is 0 Å². The van der Waals surface area contributed by atoms with Crippen molar-refractivity contribution in [1.29, 1.82) is 0 Å². The van der Waals surface area contributed by atoms with Gasteiger partial charge in [-0.25, -0.2) is 0 Å². The van der Waals surface area contributed by atoms with Crippen LogP contribution < -0.4 is 20.1 Å². The molecule has 0 spiro atoms. The van der Waals surface area contributed by atoms with E-state index in [-0.39, 0.29) is 17.4 Å². The van der Waals surface area contributed by atoms with Gasteiger partial charge in [-0.15, -0.1) is 0 Å². The van der Waals surface area contributed by atoms with Gasteiger partial charge in [0, 0.05) is 11.4 Å². The van der Waals surface area contributed by atoms with Crippen molar-refractivity contribution in [2.45, 2.75) is 6.92 Å². The molecule has 9 nitrogen and oxygen atoms in total. The van der Waals surface area contributed by atoms with Crippen LogP contribution in [0.1, 0.15) is 11.1 Å². The number of thioether (sulfide) groups is 1. The normalized spacial score (nSPS) is 13.9. The highest BCUT2D eigenvalue weighted by Gasteiger charge is 2.36. The SMILES string of the molecule is COc1ccc(NC(=O)CN2C(=O)S/C(=C/c3ccc(OCC(=O)Nc4ccc(C)cc4)cc3)C2=O)cc1. The summed E-state index contributed by atoms with van der Waals surface area (Å²) in [5, 5.41) is 4.89. The first-order valence-electron chi connectivity index (χ1n) is 11.6. The monoisotopic (exact) mass is 531 g/mol. The molecule has 0 unspecified atom stereocenters. The second-order valence-corrected chi connectivity index (χ2v) is 9.31. The van der Waals surface area contributed by atoms with Gasteiger partial charge in [0.2, 0.25) is 5.91 Å². The topological polar surface area (TPSA) is 114 Å². The summed E-state index contributed by atoms with van der Waals surface area (Å²) in [5.41, 5.74) is 2.97. The zero-order valence-electron chi connectivity index (χ0n) is 20.7. The number of amides is 4. The number of hydrogen-bond acceptors (Lipinski definition) is 7. The standard InChI is InChI=1S/C28H25N3O6S/c1-18-3-7-20(8-4-18)30-26(33)17-37-23-11-5-19(6-12-23)15-24-27(34)31(28(35)38-24)16-25(32)29-21-9-13-22(36-2)14-10-21/h3-15H,16-17H2,1-2H3,(H,29,32)(H,30,33)/b24-15+. The van der Waals surface area contributed by atoms with Crippen LogP contribution in [0.2, 0.25) is 0 Å². The van der Waals surface area contributed by atoms with E-state index in [0.717, 1.165) is 22.2 Å². The van der Waals surface area contributed by atoms with Crippen LogP contribution in [0.4, 0.5) is 16.2 Å². The van der Waals surface area contributed by atoms with Gasteiger partial charge in [0.15, 0.2) is 6.61 Å². The first-order valence-corrected chi connectivity index (χ1v) is 12.4. The predicted octanol–water partition coefficient (Wildman–Crippen LogP) is 4.70. The Morgan fingerprint density at radius 1 is 0.842 bits per heavy atom. The number of hydrogen-bond donors (Lipinski definition) is 2. The lowest BCUT2D eigenvalue weighted by Gasteiger charge is -2.12. The number of methoxy groups -OCH3 is 1. The molecule has 0 aromatic heterocycles. The van der Waals surface area contributed by atoms with Crippen molar-refractivity contribution in [3.05, 3.63) is 88.8 Å². The maximum absolute atomic E-state index is 12.8. The van der Waals surface area contributed by atoms with Crippen molar-refractivity contribution in [1.82, 2.24) is 4.90 Å². The number of anilines is 2. The number of nitrogens with zero attached hydrogens (tertiary/aromatic N) is 1. The van der Waals surface area contributed by atoms with E-state index < -0.39 is 23.6 Å². The smallest absolute Gasteiger partial charge is 0.294 e. The Hall–Kier alpha value is -4.57. The second kappa shape index (κ2) is 12.1. The highest BCUT2D eigenvalue weighted by molar-refractivity contribution is 8.18. The minimum atomic E-state index is -0.544. The Morgan fingerprint density at radius 3 is 2.05 bits per heavy atom. The fraction of sp³-hybridized carbons (Fsp3) is 0.143. The number of carbonyl (C=O) groups excluding carboxylic acids is 4. The van der Waals surface area contributed by atoms with Crippen LogP contribution >= 0.6 is 11.8 Å². The predicted molar refractivity (Wildman–Crippen MR) is 146 cm³/mol. The van der Waals surface area contributed by atoms with E-state index in [2.05, 4.69) is 10.6 Å². The summed E-state index contributed by atoms with van der Waals surface area (Å²) in [6, 6.07) is 20.9. The fourth-order valence-corrected chi connectivity index (χ4v) is 4.29. The van der Waals surface area contributed by atoms with Gasteiger partial charge in [0.1, 0.15) is 18.0 Å². The number of carbonyl (C=O) groups is 4. The molecule has 38 heavy (non-hydrogen) atoms. The molecule has 194 valence electrons. The number of aryl methyl sites for hydroxylation is 1. The van der Waals surface area contributed by atoms with Gasteiger partial charge in [-0.3, -0.25) is 24.1 Å². The molecule has 1 aliphatic heterocycles. The molecule has 4 rings (SSSR count). The number of imide groups is 1. The third kappa shape index (κ3) is 7.01. The Kier molecular flexibility index (Phi) is 8.44. The van der Waals surface area contributed by atoms with Crippen LogP contribution in [0.25, 0.3) is 6.08 Å². The average molecular weight is 532 g/mol. The third-order valence-corrected chi connectivity index (χ3v) is 6.34. The van der Waals surface area contributed by atoms with E-state index in [0.29, 0.717) is 28.4 Å². The Balaban J connectivity index is 1.29. The van der Waals surface area contributed by atoms with E-state index in [9.17, 15) is 19.2 Å². The number of rotatable bonds is 9. The zero-order chi connectivity index (χ0) is 27.1. The molecule has 0 bridgehead atoms. The van der Waals surface area contributed by atoms with Crippen LogP contribution in [0, 0.1) is 6.92 Å². The number of benzene rings is 3. The van der Waals surface area contributed by atoms with E-state index in [1.165, 1.54) is 7.11 Å². The van der Waals surface area contributed by atoms with Crippen molar-refractivity contribution in [3.63, 3.8) is 0 Å². The second-order valence-electron chi connectivity index (χ2n) is 8.32. The lowest BCUT2D eigenvalue weighted by atomic mass is 10.2. The van der Waals surface area contributed by atoms with Crippen molar-refractivity contribution in [2.75, 3.05) is 30.9 Å². The summed E-state index contributed by atoms with van der Waals surface area (Å²) < 4.78 is 10.6. The number of nitrogens with one attached hydrogen (secondary N) is 2. The van der Waals surface area contributed by atoms with E-state index in [1.807, 2.05) is 31.2 Å². The molecule has 0 atom stereocenters. The van der Waals surface area contributed by atoms with E-state index in [4.69, 9.17) is 9.47 Å². The molecule has 0 aliphatic carbocycles. The maximum atomic E-state index is 12.8. The van der Waals surface area contributed by atoms with Crippen molar-refractivity contribution in [3.8, 4) is 11.5 Å². The van der Waals surface area contributed by atoms with Gasteiger partial charge in [-0.1, -0.05) is 29.8 Å². The molecule has 3 aromatic rings. The largest absolute Gasteiger partial charge is 0.497 e.